The number of aromatic nitrogens is 2. The van der Waals surface area contributed by atoms with Crippen LogP contribution in [0.4, 0.5) is 5.95 Å². The summed E-state index contributed by atoms with van der Waals surface area (Å²) in [7, 11) is 0. The molecular weight excluding hydrogens is 290 g/mol. The molecule has 3 rings (SSSR count). The minimum atomic E-state index is -0.289. The summed E-state index contributed by atoms with van der Waals surface area (Å²) in [6.07, 6.45) is 0. The Hall–Kier alpha value is -2.95. The second kappa shape index (κ2) is 6.44. The number of rotatable bonds is 4. The van der Waals surface area contributed by atoms with Crippen molar-refractivity contribution in [1.82, 2.24) is 9.97 Å². The number of nitrogens with zero attached hydrogens (tertiary/aromatic N) is 2. The minimum Gasteiger partial charge on any atom is -0.484 e. The molecule has 0 saturated heterocycles. The van der Waals surface area contributed by atoms with Gasteiger partial charge >= 0.3 is 0 Å². The van der Waals surface area contributed by atoms with Crippen LogP contribution < -0.4 is 10.1 Å². The van der Waals surface area contributed by atoms with Crippen LogP contribution in [0.1, 0.15) is 11.4 Å². The number of amides is 1. The van der Waals surface area contributed by atoms with Crippen LogP contribution in [0.5, 0.6) is 5.75 Å². The first-order valence-electron chi connectivity index (χ1n) is 7.34. The van der Waals surface area contributed by atoms with Crippen LogP contribution in [0.3, 0.4) is 0 Å². The lowest BCUT2D eigenvalue weighted by atomic mass is 10.1. The lowest BCUT2D eigenvalue weighted by Gasteiger charge is -2.08. The van der Waals surface area contributed by atoms with Gasteiger partial charge < -0.3 is 4.74 Å². The van der Waals surface area contributed by atoms with Crippen molar-refractivity contribution in [1.29, 1.82) is 0 Å². The van der Waals surface area contributed by atoms with E-state index in [0.717, 1.165) is 22.2 Å². The van der Waals surface area contributed by atoms with Crippen molar-refractivity contribution in [2.75, 3.05) is 11.9 Å². The molecule has 0 atom stereocenters. The Morgan fingerprint density at radius 1 is 1.00 bits per heavy atom. The number of carbonyl (C=O) groups is 1. The molecule has 1 amide bonds. The average molecular weight is 307 g/mol. The van der Waals surface area contributed by atoms with E-state index in [9.17, 15) is 4.79 Å². The fraction of sp³-hybridized carbons (Fsp3) is 0.167. The van der Waals surface area contributed by atoms with E-state index in [1.807, 2.05) is 62.4 Å². The van der Waals surface area contributed by atoms with Gasteiger partial charge in [-0.2, -0.15) is 0 Å². The quantitative estimate of drug-likeness (QED) is 0.803. The van der Waals surface area contributed by atoms with Crippen LogP contribution in [-0.2, 0) is 4.79 Å². The highest BCUT2D eigenvalue weighted by atomic mass is 16.5. The molecule has 1 N–H and O–H groups in total. The van der Waals surface area contributed by atoms with Crippen molar-refractivity contribution < 1.29 is 9.53 Å². The van der Waals surface area contributed by atoms with E-state index < -0.39 is 0 Å². The van der Waals surface area contributed by atoms with Crippen molar-refractivity contribution in [3.63, 3.8) is 0 Å². The zero-order valence-corrected chi connectivity index (χ0v) is 13.0. The third kappa shape index (κ3) is 3.83. The van der Waals surface area contributed by atoms with Gasteiger partial charge in [0, 0.05) is 11.4 Å². The van der Waals surface area contributed by atoms with E-state index in [1.165, 1.54) is 0 Å². The molecular formula is C18H17N3O2. The molecule has 0 spiro atoms. The van der Waals surface area contributed by atoms with Gasteiger partial charge in [-0.25, -0.2) is 9.97 Å². The minimum absolute atomic E-state index is 0.0886. The number of fused-ring (bicyclic) bond motifs is 1. The monoisotopic (exact) mass is 307 g/mol. The summed E-state index contributed by atoms with van der Waals surface area (Å²) in [5.74, 6) is 0.665. The van der Waals surface area contributed by atoms with Crippen molar-refractivity contribution in [3.05, 3.63) is 59.9 Å². The summed E-state index contributed by atoms with van der Waals surface area (Å²) in [6, 6.07) is 15.6. The molecule has 0 radical (unpaired) electrons. The third-order valence-electron chi connectivity index (χ3n) is 3.32. The molecule has 1 aromatic heterocycles. The Bertz CT molecular complexity index is 842. The zero-order valence-electron chi connectivity index (χ0n) is 13.0. The molecule has 1 heterocycles. The fourth-order valence-corrected chi connectivity index (χ4v) is 2.35. The number of carbonyl (C=O) groups excluding carboxylic acids is 1. The first kappa shape index (κ1) is 15.0. The average Bonchev–Trinajstić information content (AvgIpc) is 2.52. The molecule has 0 aliphatic rings. The number of benzene rings is 2. The Morgan fingerprint density at radius 2 is 1.70 bits per heavy atom. The highest BCUT2D eigenvalue weighted by Gasteiger charge is 2.07. The largest absolute Gasteiger partial charge is 0.484 e. The second-order valence-corrected chi connectivity index (χ2v) is 5.32. The molecule has 0 saturated carbocycles. The number of anilines is 1. The smallest absolute Gasteiger partial charge is 0.264 e. The van der Waals surface area contributed by atoms with Gasteiger partial charge in [0.25, 0.3) is 5.91 Å². The number of hydrogen-bond acceptors (Lipinski definition) is 4. The van der Waals surface area contributed by atoms with Crippen LogP contribution in [0.2, 0.25) is 0 Å². The third-order valence-corrected chi connectivity index (χ3v) is 3.32. The summed E-state index contributed by atoms with van der Waals surface area (Å²) >= 11 is 0. The van der Waals surface area contributed by atoms with Gasteiger partial charge in [-0.05, 0) is 42.8 Å². The van der Waals surface area contributed by atoms with E-state index in [-0.39, 0.29) is 12.5 Å². The predicted molar refractivity (Wildman–Crippen MR) is 89.6 cm³/mol. The van der Waals surface area contributed by atoms with E-state index in [0.29, 0.717) is 11.7 Å². The first-order valence-corrected chi connectivity index (χ1v) is 7.34. The molecule has 0 aliphatic heterocycles. The highest BCUT2D eigenvalue weighted by molar-refractivity contribution is 5.90. The van der Waals surface area contributed by atoms with Crippen molar-refractivity contribution in [2.45, 2.75) is 13.8 Å². The molecule has 23 heavy (non-hydrogen) atoms. The normalized spacial score (nSPS) is 10.5. The summed E-state index contributed by atoms with van der Waals surface area (Å²) in [4.78, 5) is 20.3. The number of aryl methyl sites for hydroxylation is 2. The molecule has 116 valence electrons. The van der Waals surface area contributed by atoms with Gasteiger partial charge in [-0.3, -0.25) is 10.1 Å². The van der Waals surface area contributed by atoms with Crippen LogP contribution >= 0.6 is 0 Å². The van der Waals surface area contributed by atoms with Crippen LogP contribution in [0.15, 0.2) is 48.5 Å². The molecule has 0 aliphatic carbocycles. The molecule has 5 nitrogen and oxygen atoms in total. The molecule has 0 fully saturated rings. The number of ether oxygens (including phenoxy) is 1. The van der Waals surface area contributed by atoms with Gasteiger partial charge in [0.2, 0.25) is 5.95 Å². The summed E-state index contributed by atoms with van der Waals surface area (Å²) in [5, 5.41) is 4.85. The standard InChI is InChI=1S/C18H17N3O2/c1-12-9-13(2)20-18(19-12)21-17(22)11-23-16-8-7-14-5-3-4-6-15(14)10-16/h3-10H,11H2,1-2H3,(H,19,20,21,22). The Kier molecular flexibility index (Phi) is 4.19. The second-order valence-electron chi connectivity index (χ2n) is 5.32. The van der Waals surface area contributed by atoms with Gasteiger partial charge in [-0.1, -0.05) is 30.3 Å². The SMILES string of the molecule is Cc1cc(C)nc(NC(=O)COc2ccc3ccccc3c2)n1. The number of hydrogen-bond donors (Lipinski definition) is 1. The summed E-state index contributed by atoms with van der Waals surface area (Å²) < 4.78 is 5.54. The summed E-state index contributed by atoms with van der Waals surface area (Å²) in [5.41, 5.74) is 1.62. The van der Waals surface area contributed by atoms with E-state index in [1.54, 1.807) is 0 Å². The molecule has 0 unspecified atom stereocenters. The van der Waals surface area contributed by atoms with E-state index in [2.05, 4.69) is 15.3 Å². The maximum atomic E-state index is 12.0. The van der Waals surface area contributed by atoms with Crippen molar-refractivity contribution >= 4 is 22.6 Å². The van der Waals surface area contributed by atoms with Crippen LogP contribution in [0.25, 0.3) is 10.8 Å². The Labute approximate surface area is 134 Å². The summed E-state index contributed by atoms with van der Waals surface area (Å²) in [6.45, 7) is 3.63. The lowest BCUT2D eigenvalue weighted by molar-refractivity contribution is -0.118. The topological polar surface area (TPSA) is 64.1 Å². The maximum Gasteiger partial charge on any atom is 0.264 e. The maximum absolute atomic E-state index is 12.0. The number of nitrogens with one attached hydrogen (secondary N) is 1. The predicted octanol–water partition coefficient (Wildman–Crippen LogP) is 3.26. The van der Waals surface area contributed by atoms with Gasteiger partial charge in [0.05, 0.1) is 0 Å². The first-order chi connectivity index (χ1) is 11.1. The van der Waals surface area contributed by atoms with E-state index in [4.69, 9.17) is 4.74 Å². The lowest BCUT2D eigenvalue weighted by Crippen LogP contribution is -2.21. The van der Waals surface area contributed by atoms with Crippen LogP contribution in [-0.4, -0.2) is 22.5 Å². The zero-order chi connectivity index (χ0) is 16.2. The van der Waals surface area contributed by atoms with Crippen molar-refractivity contribution in [2.24, 2.45) is 0 Å². The highest BCUT2D eigenvalue weighted by Crippen LogP contribution is 2.20. The Balaban J connectivity index is 1.63. The molecule has 5 heteroatoms. The van der Waals surface area contributed by atoms with Gasteiger partial charge in [-0.15, -0.1) is 0 Å². The van der Waals surface area contributed by atoms with Crippen molar-refractivity contribution in [3.8, 4) is 5.75 Å². The molecule has 3 aromatic rings. The van der Waals surface area contributed by atoms with E-state index >= 15 is 0 Å². The van der Waals surface area contributed by atoms with Gasteiger partial charge in [0.1, 0.15) is 5.75 Å². The fourth-order valence-electron chi connectivity index (χ4n) is 2.35. The van der Waals surface area contributed by atoms with Crippen LogP contribution in [0, 0.1) is 13.8 Å². The molecule has 0 bridgehead atoms. The molecule has 2 aromatic carbocycles. The Morgan fingerprint density at radius 3 is 2.43 bits per heavy atom. The van der Waals surface area contributed by atoms with Gasteiger partial charge in [0.15, 0.2) is 6.61 Å².